The fraction of sp³-hybridized carbons (Fsp3) is 0.455. The van der Waals surface area contributed by atoms with Crippen molar-refractivity contribution in [1.29, 1.82) is 5.26 Å². The molecule has 1 saturated heterocycles. The van der Waals surface area contributed by atoms with Crippen molar-refractivity contribution in [2.75, 3.05) is 31.6 Å². The molecule has 1 aliphatic carbocycles. The van der Waals surface area contributed by atoms with E-state index in [4.69, 9.17) is 4.74 Å². The number of nitriles is 1. The van der Waals surface area contributed by atoms with Gasteiger partial charge in [0.25, 0.3) is 0 Å². The van der Waals surface area contributed by atoms with E-state index in [1.807, 2.05) is 24.3 Å². The molecule has 0 radical (unpaired) electrons. The number of nitrogens with one attached hydrogen (secondary N) is 1. The summed E-state index contributed by atoms with van der Waals surface area (Å²) in [5, 5.41) is 12.4. The lowest BCUT2D eigenvalue weighted by atomic mass is 9.92. The van der Waals surface area contributed by atoms with Crippen LogP contribution in [0, 0.1) is 17.2 Å². The van der Waals surface area contributed by atoms with Gasteiger partial charge in [0.2, 0.25) is 5.91 Å². The highest BCUT2D eigenvalue weighted by atomic mass is 16.5. The summed E-state index contributed by atoms with van der Waals surface area (Å²) in [6, 6.07) is 9.92. The highest BCUT2D eigenvalue weighted by Crippen LogP contribution is 2.51. The molecule has 7 nitrogen and oxygen atoms in total. The monoisotopic (exact) mass is 391 g/mol. The minimum absolute atomic E-state index is 0.102. The Morgan fingerprint density at radius 3 is 2.69 bits per heavy atom. The molecule has 1 aliphatic heterocycles. The largest absolute Gasteiger partial charge is 0.496 e. The zero-order valence-corrected chi connectivity index (χ0v) is 16.6. The van der Waals surface area contributed by atoms with Gasteiger partial charge in [0, 0.05) is 37.6 Å². The number of amides is 1. The van der Waals surface area contributed by atoms with Crippen molar-refractivity contribution < 1.29 is 9.53 Å². The van der Waals surface area contributed by atoms with Crippen molar-refractivity contribution in [1.82, 2.24) is 15.3 Å². The Bertz CT molecular complexity index is 927. The Labute approximate surface area is 170 Å². The molecule has 0 bridgehead atoms. The van der Waals surface area contributed by atoms with Crippen molar-refractivity contribution in [3.05, 3.63) is 47.9 Å². The van der Waals surface area contributed by atoms with Crippen molar-refractivity contribution >= 4 is 11.7 Å². The molecule has 1 aromatic heterocycles. The number of carbonyl (C=O) groups is 1. The number of hydrogen-bond donors (Lipinski definition) is 1. The molecule has 1 aromatic carbocycles. The summed E-state index contributed by atoms with van der Waals surface area (Å²) >= 11 is 0. The van der Waals surface area contributed by atoms with E-state index < -0.39 is 5.41 Å². The second kappa shape index (κ2) is 8.08. The van der Waals surface area contributed by atoms with Gasteiger partial charge in [0.15, 0.2) is 11.5 Å². The predicted molar refractivity (Wildman–Crippen MR) is 109 cm³/mol. The molecule has 2 aromatic rings. The van der Waals surface area contributed by atoms with E-state index in [1.165, 1.54) is 0 Å². The van der Waals surface area contributed by atoms with E-state index >= 15 is 0 Å². The number of hydrogen-bond acceptors (Lipinski definition) is 6. The van der Waals surface area contributed by atoms with Crippen molar-refractivity contribution in [3.63, 3.8) is 0 Å². The van der Waals surface area contributed by atoms with Gasteiger partial charge < -0.3 is 15.0 Å². The molecule has 2 heterocycles. The fourth-order valence-electron chi connectivity index (χ4n) is 4.18. The Hall–Kier alpha value is -3.14. The number of para-hydroxylation sites is 1. The second-order valence-electron chi connectivity index (χ2n) is 7.76. The van der Waals surface area contributed by atoms with Crippen LogP contribution in [-0.4, -0.2) is 42.6 Å². The molecule has 2 aliphatic rings. The van der Waals surface area contributed by atoms with Crippen LogP contribution in [0.1, 0.15) is 36.9 Å². The minimum atomic E-state index is -0.436. The van der Waals surface area contributed by atoms with E-state index in [2.05, 4.69) is 26.3 Å². The maximum Gasteiger partial charge on any atom is 0.230 e. The average Bonchev–Trinajstić information content (AvgIpc) is 3.60. The van der Waals surface area contributed by atoms with Gasteiger partial charge in [0.05, 0.1) is 12.5 Å². The average molecular weight is 391 g/mol. The van der Waals surface area contributed by atoms with Gasteiger partial charge in [-0.25, -0.2) is 9.97 Å². The van der Waals surface area contributed by atoms with Gasteiger partial charge in [-0.3, -0.25) is 4.79 Å². The summed E-state index contributed by atoms with van der Waals surface area (Å²) in [5.74, 6) is 1.97. The lowest BCUT2D eigenvalue weighted by molar-refractivity contribution is -0.123. The number of benzene rings is 1. The van der Waals surface area contributed by atoms with Gasteiger partial charge in [-0.2, -0.15) is 5.26 Å². The SMILES string of the molecule is COc1ccccc1C1(C(=O)NCC2CCN(c3nccnc3C#N)CC2)CC1. The number of nitrogens with zero attached hydrogens (tertiary/aromatic N) is 4. The number of ether oxygens (including phenoxy) is 1. The number of methoxy groups -OCH3 is 1. The summed E-state index contributed by atoms with van der Waals surface area (Å²) < 4.78 is 5.47. The first kappa shape index (κ1) is 19.2. The maximum atomic E-state index is 13.0. The highest BCUT2D eigenvalue weighted by Gasteiger charge is 2.52. The summed E-state index contributed by atoms with van der Waals surface area (Å²) in [6.45, 7) is 2.30. The van der Waals surface area contributed by atoms with Crippen molar-refractivity contribution in [2.24, 2.45) is 5.92 Å². The van der Waals surface area contributed by atoms with Crippen LogP contribution < -0.4 is 15.0 Å². The van der Waals surface area contributed by atoms with Crippen LogP contribution in [-0.2, 0) is 10.2 Å². The van der Waals surface area contributed by atoms with Crippen LogP contribution in [0.4, 0.5) is 5.82 Å². The summed E-state index contributed by atoms with van der Waals surface area (Å²) in [5.41, 5.74) is 0.919. The van der Waals surface area contributed by atoms with Crippen LogP contribution >= 0.6 is 0 Å². The Kier molecular flexibility index (Phi) is 5.34. The summed E-state index contributed by atoms with van der Waals surface area (Å²) in [6.07, 6.45) is 6.78. The van der Waals surface area contributed by atoms with E-state index in [-0.39, 0.29) is 5.91 Å². The number of rotatable bonds is 6. The van der Waals surface area contributed by atoms with E-state index in [0.717, 1.165) is 50.1 Å². The molecule has 0 spiro atoms. The Balaban J connectivity index is 1.33. The molecule has 150 valence electrons. The first-order valence-electron chi connectivity index (χ1n) is 10.1. The fourth-order valence-corrected chi connectivity index (χ4v) is 4.18. The molecule has 2 fully saturated rings. The molecular formula is C22H25N5O2. The molecule has 0 unspecified atom stereocenters. The smallest absolute Gasteiger partial charge is 0.230 e. The second-order valence-corrected chi connectivity index (χ2v) is 7.76. The topological polar surface area (TPSA) is 91.1 Å². The normalized spacial score (nSPS) is 18.0. The molecule has 29 heavy (non-hydrogen) atoms. The lowest BCUT2D eigenvalue weighted by Crippen LogP contribution is -2.42. The summed E-state index contributed by atoms with van der Waals surface area (Å²) in [4.78, 5) is 23.5. The zero-order valence-electron chi connectivity index (χ0n) is 16.6. The number of anilines is 1. The van der Waals surface area contributed by atoms with Crippen LogP contribution in [0.15, 0.2) is 36.7 Å². The molecule has 1 N–H and O–H groups in total. The van der Waals surface area contributed by atoms with Gasteiger partial charge in [-0.15, -0.1) is 0 Å². The zero-order chi connectivity index (χ0) is 20.3. The first-order chi connectivity index (χ1) is 14.2. The molecule has 1 saturated carbocycles. The Morgan fingerprint density at radius 2 is 2.00 bits per heavy atom. The quantitative estimate of drug-likeness (QED) is 0.813. The van der Waals surface area contributed by atoms with E-state index in [1.54, 1.807) is 19.5 Å². The van der Waals surface area contributed by atoms with Crippen molar-refractivity contribution in [2.45, 2.75) is 31.1 Å². The van der Waals surface area contributed by atoms with Crippen LogP contribution in [0.5, 0.6) is 5.75 Å². The van der Waals surface area contributed by atoms with E-state index in [9.17, 15) is 10.1 Å². The van der Waals surface area contributed by atoms with Crippen molar-refractivity contribution in [3.8, 4) is 11.8 Å². The van der Waals surface area contributed by atoms with Gasteiger partial charge in [0.1, 0.15) is 11.8 Å². The Morgan fingerprint density at radius 1 is 1.28 bits per heavy atom. The number of carbonyl (C=O) groups excluding carboxylic acids is 1. The maximum absolute atomic E-state index is 13.0. The number of aromatic nitrogens is 2. The lowest BCUT2D eigenvalue weighted by Gasteiger charge is -2.33. The number of piperidine rings is 1. The van der Waals surface area contributed by atoms with Gasteiger partial charge in [-0.05, 0) is 37.7 Å². The van der Waals surface area contributed by atoms with E-state index in [0.29, 0.717) is 24.0 Å². The standard InChI is InChI=1S/C22H25N5O2/c1-29-19-5-3-2-4-17(19)22(8-9-22)21(28)26-15-16-6-12-27(13-7-16)20-18(14-23)24-10-11-25-20/h2-5,10-11,16H,6-9,12-13,15H2,1H3,(H,26,28). The van der Waals surface area contributed by atoms with Crippen LogP contribution in [0.2, 0.25) is 0 Å². The minimum Gasteiger partial charge on any atom is -0.496 e. The molecule has 0 atom stereocenters. The molecular weight excluding hydrogens is 366 g/mol. The molecule has 7 heteroatoms. The summed E-state index contributed by atoms with van der Waals surface area (Å²) in [7, 11) is 1.65. The molecule has 1 amide bonds. The van der Waals surface area contributed by atoms with Gasteiger partial charge >= 0.3 is 0 Å². The van der Waals surface area contributed by atoms with Crippen LogP contribution in [0.3, 0.4) is 0 Å². The first-order valence-corrected chi connectivity index (χ1v) is 10.1. The predicted octanol–water partition coefficient (Wildman–Crippen LogP) is 2.42. The van der Waals surface area contributed by atoms with Crippen LogP contribution in [0.25, 0.3) is 0 Å². The highest BCUT2D eigenvalue weighted by molar-refractivity contribution is 5.92. The third-order valence-electron chi connectivity index (χ3n) is 6.06. The third kappa shape index (κ3) is 3.75. The molecule has 4 rings (SSSR count). The van der Waals surface area contributed by atoms with Gasteiger partial charge in [-0.1, -0.05) is 18.2 Å². The third-order valence-corrected chi connectivity index (χ3v) is 6.06.